The van der Waals surface area contributed by atoms with E-state index in [1.54, 1.807) is 21.3 Å². The first kappa shape index (κ1) is 22.6. The van der Waals surface area contributed by atoms with Gasteiger partial charge in [0.05, 0.1) is 46.8 Å². The summed E-state index contributed by atoms with van der Waals surface area (Å²) in [4.78, 5) is 0. The lowest BCUT2D eigenvalue weighted by atomic mass is 9.85. The fourth-order valence-corrected chi connectivity index (χ4v) is 4.98. The van der Waals surface area contributed by atoms with E-state index in [-0.39, 0.29) is 24.0 Å². The molecule has 6 heteroatoms. The lowest BCUT2D eigenvalue weighted by Crippen LogP contribution is -2.14. The van der Waals surface area contributed by atoms with Crippen molar-refractivity contribution in [3.63, 3.8) is 0 Å². The fraction of sp³-hybridized carbons (Fsp3) is 0.357. The first-order valence-electron chi connectivity index (χ1n) is 11.5. The zero-order valence-corrected chi connectivity index (χ0v) is 19.7. The highest BCUT2D eigenvalue weighted by atomic mass is 16.5. The summed E-state index contributed by atoms with van der Waals surface area (Å²) in [6.07, 6.45) is -0.0857. The summed E-state index contributed by atoms with van der Waals surface area (Å²) in [5, 5.41) is 0. The maximum Gasteiger partial charge on any atom is 0.161 e. The van der Waals surface area contributed by atoms with Crippen molar-refractivity contribution < 1.29 is 28.4 Å². The summed E-state index contributed by atoms with van der Waals surface area (Å²) in [6.45, 7) is 1.77. The Balaban J connectivity index is 1.31. The van der Waals surface area contributed by atoms with Crippen molar-refractivity contribution >= 4 is 0 Å². The topological polar surface area (TPSA) is 55.4 Å². The highest BCUT2D eigenvalue weighted by Crippen LogP contribution is 2.51. The summed E-state index contributed by atoms with van der Waals surface area (Å²) in [7, 11) is 4.95. The molecule has 2 aliphatic rings. The van der Waals surface area contributed by atoms with E-state index in [2.05, 4.69) is 6.07 Å². The average Bonchev–Trinajstić information content (AvgIpc) is 3.50. The second-order valence-electron chi connectivity index (χ2n) is 8.63. The van der Waals surface area contributed by atoms with Crippen LogP contribution < -0.4 is 18.9 Å². The van der Waals surface area contributed by atoms with E-state index in [0.717, 1.165) is 22.4 Å². The van der Waals surface area contributed by atoms with Crippen LogP contribution in [0.5, 0.6) is 23.0 Å². The number of fused-ring (bicyclic) bond motifs is 1. The van der Waals surface area contributed by atoms with Crippen molar-refractivity contribution in [3.05, 3.63) is 83.4 Å². The van der Waals surface area contributed by atoms with E-state index in [1.165, 1.54) is 0 Å². The molecular formula is C28H30O6. The zero-order chi connectivity index (χ0) is 23.5. The Labute approximate surface area is 200 Å². The van der Waals surface area contributed by atoms with Crippen molar-refractivity contribution in [1.82, 2.24) is 0 Å². The largest absolute Gasteiger partial charge is 0.493 e. The molecule has 0 aromatic heterocycles. The number of benzene rings is 3. The molecule has 0 N–H and O–H groups in total. The number of ether oxygens (including phenoxy) is 6. The van der Waals surface area contributed by atoms with Crippen molar-refractivity contribution in [3.8, 4) is 23.0 Å². The molecule has 2 fully saturated rings. The third kappa shape index (κ3) is 4.31. The summed E-state index contributed by atoms with van der Waals surface area (Å²) in [5.74, 6) is 3.37. The van der Waals surface area contributed by atoms with Gasteiger partial charge < -0.3 is 28.4 Å². The second-order valence-corrected chi connectivity index (χ2v) is 8.63. The minimum Gasteiger partial charge on any atom is -0.493 e. The van der Waals surface area contributed by atoms with Crippen molar-refractivity contribution in [2.24, 2.45) is 11.8 Å². The first-order chi connectivity index (χ1) is 16.7. The van der Waals surface area contributed by atoms with Gasteiger partial charge in [0, 0.05) is 11.8 Å². The molecule has 2 saturated heterocycles. The quantitative estimate of drug-likeness (QED) is 0.449. The molecule has 3 aromatic carbocycles. The minimum atomic E-state index is -0.0489. The Morgan fingerprint density at radius 3 is 1.74 bits per heavy atom. The SMILES string of the molecule is COc1ccc([C@@H]2OC[C@@H]3[C@H]2CO[C@H]3c2ccc(OCc3ccccc3)c(OC)c2)cc1OC. The van der Waals surface area contributed by atoms with Gasteiger partial charge in [-0.2, -0.15) is 0 Å². The van der Waals surface area contributed by atoms with Crippen LogP contribution in [0.25, 0.3) is 0 Å². The Kier molecular flexibility index (Phi) is 6.61. The van der Waals surface area contributed by atoms with Crippen LogP contribution in [-0.4, -0.2) is 34.5 Å². The van der Waals surface area contributed by atoms with Crippen LogP contribution in [0.1, 0.15) is 28.9 Å². The molecule has 0 aliphatic carbocycles. The van der Waals surface area contributed by atoms with Gasteiger partial charge in [0.15, 0.2) is 23.0 Å². The summed E-state index contributed by atoms with van der Waals surface area (Å²) < 4.78 is 35.1. The van der Waals surface area contributed by atoms with Crippen LogP contribution in [0.3, 0.4) is 0 Å². The van der Waals surface area contributed by atoms with E-state index in [0.29, 0.717) is 37.1 Å². The molecule has 0 unspecified atom stereocenters. The lowest BCUT2D eigenvalue weighted by molar-refractivity contribution is 0.0191. The molecule has 0 amide bonds. The maximum absolute atomic E-state index is 6.30. The minimum absolute atomic E-state index is 0.0369. The molecule has 178 valence electrons. The number of methoxy groups -OCH3 is 3. The first-order valence-corrected chi connectivity index (χ1v) is 11.5. The smallest absolute Gasteiger partial charge is 0.161 e. The highest BCUT2D eigenvalue weighted by Gasteiger charge is 2.48. The average molecular weight is 463 g/mol. The van der Waals surface area contributed by atoms with Crippen molar-refractivity contribution in [1.29, 1.82) is 0 Å². The van der Waals surface area contributed by atoms with Gasteiger partial charge in [0.25, 0.3) is 0 Å². The second kappa shape index (κ2) is 9.95. The number of hydrogen-bond donors (Lipinski definition) is 0. The van der Waals surface area contributed by atoms with Crippen LogP contribution >= 0.6 is 0 Å². The highest BCUT2D eigenvalue weighted by molar-refractivity contribution is 5.45. The van der Waals surface area contributed by atoms with Crippen molar-refractivity contribution in [2.45, 2.75) is 18.8 Å². The molecule has 5 rings (SSSR count). The van der Waals surface area contributed by atoms with Gasteiger partial charge in [0.1, 0.15) is 6.61 Å². The van der Waals surface area contributed by atoms with Crippen molar-refractivity contribution in [2.75, 3.05) is 34.5 Å². The van der Waals surface area contributed by atoms with Crippen LogP contribution in [0.15, 0.2) is 66.7 Å². The Morgan fingerprint density at radius 2 is 1.18 bits per heavy atom. The predicted molar refractivity (Wildman–Crippen MR) is 128 cm³/mol. The van der Waals surface area contributed by atoms with Gasteiger partial charge in [-0.3, -0.25) is 0 Å². The maximum atomic E-state index is 6.30. The molecule has 2 aliphatic heterocycles. The molecule has 3 aromatic rings. The van der Waals surface area contributed by atoms with E-state index in [4.69, 9.17) is 28.4 Å². The predicted octanol–water partition coefficient (Wildman–Crippen LogP) is 5.37. The van der Waals surface area contributed by atoms with Gasteiger partial charge in [-0.1, -0.05) is 42.5 Å². The standard InChI is InChI=1S/C28H30O6/c1-29-23-11-9-19(13-25(23)30-2)27-21-16-34-28(22(21)17-33-27)20-10-12-24(26(14-20)31-3)32-15-18-7-5-4-6-8-18/h4-14,21-22,27-28H,15-17H2,1-3H3/t21-,22-,27+,28+/m1/s1. The molecule has 34 heavy (non-hydrogen) atoms. The van der Waals surface area contributed by atoms with E-state index in [9.17, 15) is 0 Å². The van der Waals surface area contributed by atoms with Crippen LogP contribution in [0.4, 0.5) is 0 Å². The van der Waals surface area contributed by atoms with E-state index < -0.39 is 0 Å². The molecule has 0 radical (unpaired) electrons. The molecule has 4 atom stereocenters. The molecule has 6 nitrogen and oxygen atoms in total. The fourth-order valence-electron chi connectivity index (χ4n) is 4.98. The number of rotatable bonds is 8. The van der Waals surface area contributed by atoms with Crippen LogP contribution in [-0.2, 0) is 16.1 Å². The van der Waals surface area contributed by atoms with E-state index >= 15 is 0 Å². The van der Waals surface area contributed by atoms with Crippen LogP contribution in [0.2, 0.25) is 0 Å². The lowest BCUT2D eigenvalue weighted by Gasteiger charge is -2.19. The van der Waals surface area contributed by atoms with Gasteiger partial charge >= 0.3 is 0 Å². The monoisotopic (exact) mass is 462 g/mol. The summed E-state index contributed by atoms with van der Waals surface area (Å²) >= 11 is 0. The molecule has 0 saturated carbocycles. The third-order valence-electron chi connectivity index (χ3n) is 6.75. The van der Waals surface area contributed by atoms with Gasteiger partial charge in [-0.05, 0) is 41.0 Å². The Morgan fingerprint density at radius 1 is 0.647 bits per heavy atom. The molecule has 0 bridgehead atoms. The van der Waals surface area contributed by atoms with Crippen LogP contribution in [0, 0.1) is 11.8 Å². The molecule has 2 heterocycles. The summed E-state index contributed by atoms with van der Waals surface area (Å²) in [5.41, 5.74) is 3.27. The van der Waals surface area contributed by atoms with Gasteiger partial charge in [-0.15, -0.1) is 0 Å². The Hall–Kier alpha value is -3.22. The zero-order valence-electron chi connectivity index (χ0n) is 19.7. The molecule has 0 spiro atoms. The van der Waals surface area contributed by atoms with Gasteiger partial charge in [0.2, 0.25) is 0 Å². The Bertz CT molecular complexity index is 1120. The van der Waals surface area contributed by atoms with E-state index in [1.807, 2.05) is 60.7 Å². The molecular weight excluding hydrogens is 432 g/mol. The summed E-state index contributed by atoms with van der Waals surface area (Å²) in [6, 6.07) is 22.1. The van der Waals surface area contributed by atoms with Gasteiger partial charge in [-0.25, -0.2) is 0 Å². The normalized spacial score (nSPS) is 23.4. The number of hydrogen-bond acceptors (Lipinski definition) is 6. The third-order valence-corrected chi connectivity index (χ3v) is 6.75.